The monoisotopic (exact) mass is 291 g/mol. The van der Waals surface area contributed by atoms with Gasteiger partial charge < -0.3 is 5.32 Å². The smallest absolute Gasteiger partial charge is 0.127 e. The van der Waals surface area contributed by atoms with Crippen molar-refractivity contribution in [1.82, 2.24) is 5.32 Å². The number of hydrogen-bond acceptors (Lipinski definition) is 1. The van der Waals surface area contributed by atoms with Crippen LogP contribution in [0.4, 0.5) is 4.39 Å². The van der Waals surface area contributed by atoms with Crippen LogP contribution in [0.2, 0.25) is 5.02 Å². The first-order valence-electron chi connectivity index (χ1n) is 6.84. The van der Waals surface area contributed by atoms with Crippen molar-refractivity contribution in [3.05, 3.63) is 70.0 Å². The Morgan fingerprint density at radius 3 is 2.45 bits per heavy atom. The van der Waals surface area contributed by atoms with Crippen molar-refractivity contribution in [2.24, 2.45) is 0 Å². The summed E-state index contributed by atoms with van der Waals surface area (Å²) in [4.78, 5) is 0. The predicted octanol–water partition coefficient (Wildman–Crippen LogP) is 4.68. The second-order valence-corrected chi connectivity index (χ2v) is 5.33. The van der Waals surface area contributed by atoms with E-state index in [2.05, 4.69) is 36.5 Å². The minimum absolute atomic E-state index is 0.0648. The highest BCUT2D eigenvalue weighted by atomic mass is 35.5. The fourth-order valence-corrected chi connectivity index (χ4v) is 2.52. The Kier molecular flexibility index (Phi) is 5.16. The van der Waals surface area contributed by atoms with E-state index in [4.69, 9.17) is 11.6 Å². The minimum atomic E-state index is -0.243. The molecule has 0 bridgehead atoms. The molecule has 20 heavy (non-hydrogen) atoms. The van der Waals surface area contributed by atoms with E-state index in [0.717, 1.165) is 12.1 Å². The van der Waals surface area contributed by atoms with Gasteiger partial charge in [0.1, 0.15) is 5.82 Å². The quantitative estimate of drug-likeness (QED) is 0.843. The summed E-state index contributed by atoms with van der Waals surface area (Å²) in [5, 5.41) is 3.88. The van der Waals surface area contributed by atoms with Crippen molar-refractivity contribution in [2.75, 3.05) is 6.54 Å². The summed E-state index contributed by atoms with van der Waals surface area (Å²) >= 11 is 6.12. The molecule has 0 saturated heterocycles. The van der Waals surface area contributed by atoms with Crippen molar-refractivity contribution in [2.45, 2.75) is 26.3 Å². The van der Waals surface area contributed by atoms with Crippen LogP contribution in [0.25, 0.3) is 0 Å². The average molecular weight is 292 g/mol. The average Bonchev–Trinajstić information content (AvgIpc) is 2.43. The first kappa shape index (κ1) is 15.0. The molecule has 1 nitrogen and oxygen atoms in total. The predicted molar refractivity (Wildman–Crippen MR) is 82.7 cm³/mol. The van der Waals surface area contributed by atoms with Crippen LogP contribution in [0, 0.1) is 12.7 Å². The Balaban J connectivity index is 2.28. The molecule has 0 aliphatic rings. The van der Waals surface area contributed by atoms with Gasteiger partial charge in [-0.3, -0.25) is 0 Å². The lowest BCUT2D eigenvalue weighted by atomic mass is 9.97. The molecule has 3 heteroatoms. The molecule has 2 rings (SSSR count). The zero-order valence-corrected chi connectivity index (χ0v) is 12.5. The molecule has 0 saturated carbocycles. The van der Waals surface area contributed by atoms with Gasteiger partial charge in [-0.1, -0.05) is 54.4 Å². The summed E-state index contributed by atoms with van der Waals surface area (Å²) in [5.41, 5.74) is 2.94. The summed E-state index contributed by atoms with van der Waals surface area (Å²) in [7, 11) is 0. The van der Waals surface area contributed by atoms with Gasteiger partial charge in [-0.15, -0.1) is 0 Å². The highest BCUT2D eigenvalue weighted by Crippen LogP contribution is 2.26. The molecule has 0 fully saturated rings. The van der Waals surface area contributed by atoms with Gasteiger partial charge in [-0.2, -0.15) is 0 Å². The number of aryl methyl sites for hydroxylation is 1. The first-order valence-corrected chi connectivity index (χ1v) is 7.22. The standard InChI is InChI=1S/C17H19ClFN/c1-3-20-17(13-9-7-12(2)8-10-13)11-14-15(18)5-4-6-16(14)19/h4-10,17,20H,3,11H2,1-2H3. The van der Waals surface area contributed by atoms with Crippen LogP contribution in [0.1, 0.15) is 29.7 Å². The van der Waals surface area contributed by atoms with E-state index >= 15 is 0 Å². The molecule has 1 atom stereocenters. The molecule has 0 radical (unpaired) electrons. The summed E-state index contributed by atoms with van der Waals surface area (Å²) in [6, 6.07) is 13.2. The SMILES string of the molecule is CCNC(Cc1c(F)cccc1Cl)c1ccc(C)cc1. The second-order valence-electron chi connectivity index (χ2n) is 4.93. The molecule has 0 aromatic heterocycles. The first-order chi connectivity index (χ1) is 9.61. The Bertz CT molecular complexity index is 545. The van der Waals surface area contributed by atoms with E-state index in [1.807, 2.05) is 6.92 Å². The van der Waals surface area contributed by atoms with Gasteiger partial charge in [0.25, 0.3) is 0 Å². The summed E-state index contributed by atoms with van der Waals surface area (Å²) < 4.78 is 13.9. The molecule has 0 amide bonds. The van der Waals surface area contributed by atoms with Crippen LogP contribution < -0.4 is 5.32 Å². The maximum atomic E-state index is 13.9. The highest BCUT2D eigenvalue weighted by Gasteiger charge is 2.15. The molecule has 2 aromatic carbocycles. The molecule has 1 N–H and O–H groups in total. The molecule has 1 unspecified atom stereocenters. The zero-order valence-electron chi connectivity index (χ0n) is 11.8. The summed E-state index contributed by atoms with van der Waals surface area (Å²) in [6.45, 7) is 4.93. The zero-order chi connectivity index (χ0) is 14.5. The lowest BCUT2D eigenvalue weighted by Gasteiger charge is -2.19. The third-order valence-electron chi connectivity index (χ3n) is 3.40. The van der Waals surface area contributed by atoms with E-state index in [1.54, 1.807) is 12.1 Å². The number of rotatable bonds is 5. The van der Waals surface area contributed by atoms with E-state index in [9.17, 15) is 4.39 Å². The summed E-state index contributed by atoms with van der Waals surface area (Å²) in [5.74, 6) is -0.243. The molecule has 0 aliphatic carbocycles. The number of benzene rings is 2. The van der Waals surface area contributed by atoms with Gasteiger partial charge in [0.05, 0.1) is 0 Å². The van der Waals surface area contributed by atoms with Gasteiger partial charge in [0.15, 0.2) is 0 Å². The van der Waals surface area contributed by atoms with E-state index in [-0.39, 0.29) is 11.9 Å². The Hall–Kier alpha value is -1.38. The number of nitrogens with one attached hydrogen (secondary N) is 1. The third-order valence-corrected chi connectivity index (χ3v) is 3.75. The van der Waals surface area contributed by atoms with E-state index < -0.39 is 0 Å². The minimum Gasteiger partial charge on any atom is -0.310 e. The third kappa shape index (κ3) is 3.59. The van der Waals surface area contributed by atoms with Gasteiger partial charge >= 0.3 is 0 Å². The Morgan fingerprint density at radius 2 is 1.85 bits per heavy atom. The van der Waals surface area contributed by atoms with E-state index in [0.29, 0.717) is 17.0 Å². The topological polar surface area (TPSA) is 12.0 Å². The van der Waals surface area contributed by atoms with Gasteiger partial charge in [-0.25, -0.2) is 4.39 Å². The molecule has 106 valence electrons. The van der Waals surface area contributed by atoms with Crippen molar-refractivity contribution in [1.29, 1.82) is 0 Å². The van der Waals surface area contributed by atoms with Crippen molar-refractivity contribution < 1.29 is 4.39 Å². The summed E-state index contributed by atoms with van der Waals surface area (Å²) in [6.07, 6.45) is 0.544. The van der Waals surface area contributed by atoms with Crippen molar-refractivity contribution >= 4 is 11.6 Å². The lowest BCUT2D eigenvalue weighted by Crippen LogP contribution is -2.23. The molecule has 0 heterocycles. The molecule has 0 aliphatic heterocycles. The number of hydrogen-bond donors (Lipinski definition) is 1. The van der Waals surface area contributed by atoms with Crippen LogP contribution in [0.3, 0.4) is 0 Å². The largest absolute Gasteiger partial charge is 0.310 e. The fraction of sp³-hybridized carbons (Fsp3) is 0.294. The molecular weight excluding hydrogens is 273 g/mol. The van der Waals surface area contributed by atoms with Gasteiger partial charge in [0, 0.05) is 16.6 Å². The van der Waals surface area contributed by atoms with E-state index in [1.165, 1.54) is 11.6 Å². The highest BCUT2D eigenvalue weighted by molar-refractivity contribution is 6.31. The lowest BCUT2D eigenvalue weighted by molar-refractivity contribution is 0.528. The second kappa shape index (κ2) is 6.87. The molecule has 2 aromatic rings. The van der Waals surface area contributed by atoms with Crippen LogP contribution in [0.15, 0.2) is 42.5 Å². The van der Waals surface area contributed by atoms with Crippen LogP contribution in [0.5, 0.6) is 0 Å². The van der Waals surface area contributed by atoms with Crippen molar-refractivity contribution in [3.63, 3.8) is 0 Å². The molecule has 0 spiro atoms. The normalized spacial score (nSPS) is 12.4. The van der Waals surface area contributed by atoms with Crippen LogP contribution >= 0.6 is 11.6 Å². The maximum absolute atomic E-state index is 13.9. The van der Waals surface area contributed by atoms with Gasteiger partial charge in [0.2, 0.25) is 0 Å². The number of likely N-dealkylation sites (N-methyl/N-ethyl adjacent to an activating group) is 1. The Morgan fingerprint density at radius 1 is 1.15 bits per heavy atom. The van der Waals surface area contributed by atoms with Gasteiger partial charge in [-0.05, 0) is 37.6 Å². The number of halogens is 2. The maximum Gasteiger partial charge on any atom is 0.127 e. The molecular formula is C17H19ClFN. The van der Waals surface area contributed by atoms with Crippen molar-refractivity contribution in [3.8, 4) is 0 Å². The fourth-order valence-electron chi connectivity index (χ4n) is 2.28. The van der Waals surface area contributed by atoms with Crippen LogP contribution in [-0.4, -0.2) is 6.54 Å². The Labute approximate surface area is 124 Å². The van der Waals surface area contributed by atoms with Crippen LogP contribution in [-0.2, 0) is 6.42 Å².